The molecule has 0 bridgehead atoms. The Morgan fingerprint density at radius 2 is 1.69 bits per heavy atom. The predicted octanol–water partition coefficient (Wildman–Crippen LogP) is 4.28. The number of nitrogens with one attached hydrogen (secondary N) is 1. The van der Waals surface area contributed by atoms with E-state index in [0.29, 0.717) is 13.1 Å². The molecule has 0 atom stereocenters. The van der Waals surface area contributed by atoms with Crippen LogP contribution in [0.1, 0.15) is 23.2 Å². The maximum atomic E-state index is 12.7. The largest absolute Gasteiger partial charge is 0.573 e. The van der Waals surface area contributed by atoms with Crippen LogP contribution in [0.15, 0.2) is 47.4 Å². The Kier molecular flexibility index (Phi) is 6.06. The number of alkyl halides is 3. The van der Waals surface area contributed by atoms with Gasteiger partial charge < -0.3 is 10.1 Å². The van der Waals surface area contributed by atoms with Crippen LogP contribution >= 0.6 is 11.6 Å². The average Bonchev–Trinajstić information content (AvgIpc) is 3.18. The summed E-state index contributed by atoms with van der Waals surface area (Å²) >= 11 is 6.05. The fourth-order valence-corrected chi connectivity index (χ4v) is 4.87. The molecule has 156 valence electrons. The number of ether oxygens (including phenoxy) is 1. The third-order valence-electron chi connectivity index (χ3n) is 4.22. The van der Waals surface area contributed by atoms with Crippen LogP contribution < -0.4 is 10.1 Å². The van der Waals surface area contributed by atoms with Crippen molar-refractivity contribution in [2.45, 2.75) is 24.1 Å². The highest BCUT2D eigenvalue weighted by molar-refractivity contribution is 7.89. The molecule has 29 heavy (non-hydrogen) atoms. The maximum Gasteiger partial charge on any atom is 0.573 e. The minimum Gasteiger partial charge on any atom is -0.406 e. The SMILES string of the molecule is O=C(Nc1ccc(OC(F)(F)F)cc1)c1ccc(Cl)c(S(=O)(=O)N2CCCC2)c1. The van der Waals surface area contributed by atoms with Crippen molar-refractivity contribution in [2.75, 3.05) is 18.4 Å². The van der Waals surface area contributed by atoms with Crippen molar-refractivity contribution < 1.29 is 31.1 Å². The molecule has 1 amide bonds. The van der Waals surface area contributed by atoms with E-state index in [-0.39, 0.29) is 21.2 Å². The fourth-order valence-electron chi connectivity index (χ4n) is 2.85. The summed E-state index contributed by atoms with van der Waals surface area (Å²) in [5, 5.41) is 2.49. The highest BCUT2D eigenvalue weighted by Gasteiger charge is 2.31. The van der Waals surface area contributed by atoms with Gasteiger partial charge in [0.25, 0.3) is 5.91 Å². The van der Waals surface area contributed by atoms with Crippen LogP contribution in [-0.4, -0.2) is 38.1 Å². The molecule has 0 saturated carbocycles. The summed E-state index contributed by atoms with van der Waals surface area (Å²) in [5.41, 5.74) is 0.256. The molecule has 2 aromatic rings. The lowest BCUT2D eigenvalue weighted by Gasteiger charge is -2.17. The molecule has 0 radical (unpaired) electrons. The molecule has 11 heteroatoms. The van der Waals surface area contributed by atoms with Gasteiger partial charge in [0, 0.05) is 24.3 Å². The second-order valence-electron chi connectivity index (χ2n) is 6.28. The van der Waals surface area contributed by atoms with Crippen LogP contribution in [0.2, 0.25) is 5.02 Å². The smallest absolute Gasteiger partial charge is 0.406 e. The molecule has 1 heterocycles. The third-order valence-corrected chi connectivity index (χ3v) is 6.60. The number of amides is 1. The first-order valence-electron chi connectivity index (χ1n) is 8.53. The number of rotatable bonds is 5. The minimum absolute atomic E-state index is 0.00195. The van der Waals surface area contributed by atoms with Gasteiger partial charge in [-0.05, 0) is 55.3 Å². The molecule has 1 N–H and O–H groups in total. The fraction of sp³-hybridized carbons (Fsp3) is 0.278. The van der Waals surface area contributed by atoms with Crippen molar-refractivity contribution in [3.8, 4) is 5.75 Å². The minimum atomic E-state index is -4.81. The van der Waals surface area contributed by atoms with Gasteiger partial charge in [0.2, 0.25) is 10.0 Å². The highest BCUT2D eigenvalue weighted by atomic mass is 35.5. The zero-order valence-corrected chi connectivity index (χ0v) is 16.4. The van der Waals surface area contributed by atoms with Crippen LogP contribution in [0, 0.1) is 0 Å². The summed E-state index contributed by atoms with van der Waals surface area (Å²) in [6.45, 7) is 0.781. The molecule has 2 aromatic carbocycles. The van der Waals surface area contributed by atoms with E-state index in [4.69, 9.17) is 11.6 Å². The van der Waals surface area contributed by atoms with E-state index in [1.807, 2.05) is 0 Å². The number of hydrogen-bond acceptors (Lipinski definition) is 4. The molecule has 0 unspecified atom stereocenters. The Labute approximate surface area is 170 Å². The lowest BCUT2D eigenvalue weighted by Crippen LogP contribution is -2.28. The number of nitrogens with zero attached hydrogens (tertiary/aromatic N) is 1. The van der Waals surface area contributed by atoms with Crippen molar-refractivity contribution in [3.63, 3.8) is 0 Å². The Morgan fingerprint density at radius 3 is 2.28 bits per heavy atom. The molecule has 1 saturated heterocycles. The molecule has 1 aliphatic heterocycles. The van der Waals surface area contributed by atoms with Crippen molar-refractivity contribution in [1.82, 2.24) is 4.31 Å². The topological polar surface area (TPSA) is 75.7 Å². The number of benzene rings is 2. The lowest BCUT2D eigenvalue weighted by molar-refractivity contribution is -0.274. The number of carbonyl (C=O) groups is 1. The van der Waals surface area contributed by atoms with Gasteiger partial charge in [-0.15, -0.1) is 13.2 Å². The summed E-state index contributed by atoms with van der Waals surface area (Å²) in [4.78, 5) is 12.3. The normalized spacial score (nSPS) is 15.3. The number of halogens is 4. The van der Waals surface area contributed by atoms with E-state index in [2.05, 4.69) is 10.1 Å². The van der Waals surface area contributed by atoms with Crippen LogP contribution in [0.25, 0.3) is 0 Å². The Morgan fingerprint density at radius 1 is 1.07 bits per heavy atom. The van der Waals surface area contributed by atoms with Crippen LogP contribution in [0.4, 0.5) is 18.9 Å². The van der Waals surface area contributed by atoms with E-state index >= 15 is 0 Å². The molecule has 3 rings (SSSR count). The van der Waals surface area contributed by atoms with Gasteiger partial charge in [0.15, 0.2) is 0 Å². The first kappa shape index (κ1) is 21.4. The monoisotopic (exact) mass is 448 g/mol. The highest BCUT2D eigenvalue weighted by Crippen LogP contribution is 2.29. The number of sulfonamides is 1. The van der Waals surface area contributed by atoms with E-state index in [1.165, 1.54) is 34.6 Å². The summed E-state index contributed by atoms with van der Waals surface area (Å²) in [5.74, 6) is -1.06. The average molecular weight is 449 g/mol. The van der Waals surface area contributed by atoms with Crippen LogP contribution in [0.5, 0.6) is 5.75 Å². The standard InChI is InChI=1S/C18H16ClF3N2O4S/c19-15-8-3-12(11-16(15)29(26,27)24-9-1-2-10-24)17(25)23-13-4-6-14(7-5-13)28-18(20,21)22/h3-8,11H,1-2,9-10H2,(H,23,25). The zero-order chi connectivity index (χ0) is 21.2. The molecule has 0 aliphatic carbocycles. The summed E-state index contributed by atoms with van der Waals surface area (Å²) in [7, 11) is -3.82. The summed E-state index contributed by atoms with van der Waals surface area (Å²) < 4.78 is 67.2. The molecule has 1 aliphatic rings. The van der Waals surface area contributed by atoms with E-state index < -0.39 is 28.0 Å². The second-order valence-corrected chi connectivity index (χ2v) is 8.60. The van der Waals surface area contributed by atoms with Gasteiger partial charge in [-0.2, -0.15) is 4.31 Å². The van der Waals surface area contributed by atoms with Gasteiger partial charge in [-0.1, -0.05) is 11.6 Å². The van der Waals surface area contributed by atoms with Gasteiger partial charge in [-0.25, -0.2) is 8.42 Å². The molecule has 1 fully saturated rings. The molecular formula is C18H16ClF3N2O4S. The second kappa shape index (κ2) is 8.21. The van der Waals surface area contributed by atoms with Crippen molar-refractivity contribution >= 4 is 33.2 Å². The van der Waals surface area contributed by atoms with Gasteiger partial charge in [0.05, 0.1) is 5.02 Å². The maximum absolute atomic E-state index is 12.7. The Balaban J connectivity index is 1.78. The molecular weight excluding hydrogens is 433 g/mol. The van der Waals surface area contributed by atoms with Gasteiger partial charge >= 0.3 is 6.36 Å². The van der Waals surface area contributed by atoms with E-state index in [0.717, 1.165) is 25.0 Å². The van der Waals surface area contributed by atoms with E-state index in [1.54, 1.807) is 0 Å². The molecule has 6 nitrogen and oxygen atoms in total. The predicted molar refractivity (Wildman–Crippen MR) is 101 cm³/mol. The number of hydrogen-bond donors (Lipinski definition) is 1. The third kappa shape index (κ3) is 5.20. The van der Waals surface area contributed by atoms with Crippen LogP contribution in [-0.2, 0) is 10.0 Å². The lowest BCUT2D eigenvalue weighted by atomic mass is 10.2. The Bertz CT molecular complexity index is 1000. The first-order valence-corrected chi connectivity index (χ1v) is 10.3. The first-order chi connectivity index (χ1) is 13.6. The molecule has 0 spiro atoms. The zero-order valence-electron chi connectivity index (χ0n) is 14.9. The number of carbonyl (C=O) groups excluding carboxylic acids is 1. The van der Waals surface area contributed by atoms with Crippen LogP contribution in [0.3, 0.4) is 0 Å². The van der Waals surface area contributed by atoms with Gasteiger partial charge in [-0.3, -0.25) is 4.79 Å². The summed E-state index contributed by atoms with van der Waals surface area (Å²) in [6.07, 6.45) is -3.30. The summed E-state index contributed by atoms with van der Waals surface area (Å²) in [6, 6.07) is 8.43. The Hall–Kier alpha value is -2.30. The quantitative estimate of drug-likeness (QED) is 0.741. The van der Waals surface area contributed by atoms with Crippen molar-refractivity contribution in [3.05, 3.63) is 53.1 Å². The van der Waals surface area contributed by atoms with Gasteiger partial charge in [0.1, 0.15) is 10.6 Å². The number of anilines is 1. The van der Waals surface area contributed by atoms with Crippen molar-refractivity contribution in [1.29, 1.82) is 0 Å². The molecule has 0 aromatic heterocycles. The van der Waals surface area contributed by atoms with Crippen molar-refractivity contribution in [2.24, 2.45) is 0 Å². The van der Waals surface area contributed by atoms with E-state index in [9.17, 15) is 26.4 Å².